The van der Waals surface area contributed by atoms with Crippen LogP contribution >= 0.6 is 0 Å². The molecule has 1 aromatic rings. The number of hydrogen-bond acceptors (Lipinski definition) is 4. The van der Waals surface area contributed by atoms with E-state index in [1.54, 1.807) is 14.2 Å². The summed E-state index contributed by atoms with van der Waals surface area (Å²) in [6.45, 7) is 4.25. The van der Waals surface area contributed by atoms with Gasteiger partial charge in [-0.25, -0.2) is 4.79 Å². The zero-order valence-electron chi connectivity index (χ0n) is 15.3. The monoisotopic (exact) mass is 347 g/mol. The highest BCUT2D eigenvalue weighted by atomic mass is 16.5. The topological polar surface area (TPSA) is 54.0 Å². The average Bonchev–Trinajstić information content (AvgIpc) is 2.84. The Morgan fingerprint density at radius 3 is 2.56 bits per heavy atom. The molecule has 6 nitrogen and oxygen atoms in total. The summed E-state index contributed by atoms with van der Waals surface area (Å²) >= 11 is 0. The van der Waals surface area contributed by atoms with E-state index < -0.39 is 0 Å². The molecule has 1 N–H and O–H groups in total. The minimum Gasteiger partial charge on any atom is -0.493 e. The van der Waals surface area contributed by atoms with Gasteiger partial charge < -0.3 is 19.7 Å². The predicted molar refractivity (Wildman–Crippen MR) is 97.2 cm³/mol. The molecule has 2 fully saturated rings. The average molecular weight is 347 g/mol. The maximum Gasteiger partial charge on any atom is 0.317 e. The van der Waals surface area contributed by atoms with Gasteiger partial charge in [-0.05, 0) is 37.0 Å². The van der Waals surface area contributed by atoms with Crippen molar-refractivity contribution in [2.45, 2.75) is 38.3 Å². The number of hydrogen-bond donors (Lipinski definition) is 1. The van der Waals surface area contributed by atoms with E-state index in [0.29, 0.717) is 18.0 Å². The Hall–Kier alpha value is -1.95. The molecular weight excluding hydrogens is 318 g/mol. The number of nitrogens with one attached hydrogen (secondary N) is 1. The molecule has 1 saturated carbocycles. The molecule has 25 heavy (non-hydrogen) atoms. The smallest absolute Gasteiger partial charge is 0.317 e. The first-order valence-corrected chi connectivity index (χ1v) is 9.19. The molecule has 0 bridgehead atoms. The van der Waals surface area contributed by atoms with Crippen LogP contribution in [0.25, 0.3) is 0 Å². The van der Waals surface area contributed by atoms with Crippen molar-refractivity contribution < 1.29 is 14.3 Å². The predicted octanol–water partition coefficient (Wildman–Crippen LogP) is 2.47. The Morgan fingerprint density at radius 2 is 1.88 bits per heavy atom. The van der Waals surface area contributed by atoms with Gasteiger partial charge in [0.25, 0.3) is 0 Å². The third-order valence-electron chi connectivity index (χ3n) is 5.30. The summed E-state index contributed by atoms with van der Waals surface area (Å²) in [5.41, 5.74) is 0.997. The van der Waals surface area contributed by atoms with Crippen LogP contribution in [-0.2, 0) is 6.54 Å². The van der Waals surface area contributed by atoms with E-state index in [1.165, 1.54) is 19.3 Å². The lowest BCUT2D eigenvalue weighted by molar-refractivity contribution is 0.131. The zero-order valence-corrected chi connectivity index (χ0v) is 15.3. The Morgan fingerprint density at radius 1 is 1.08 bits per heavy atom. The molecular formula is C19H29N3O3. The lowest BCUT2D eigenvalue weighted by atomic mass is 9.91. The fourth-order valence-corrected chi connectivity index (χ4v) is 3.54. The normalized spacial score (nSPS) is 19.0. The van der Waals surface area contributed by atoms with Gasteiger partial charge in [-0.1, -0.05) is 12.5 Å². The summed E-state index contributed by atoms with van der Waals surface area (Å²) in [6.07, 6.45) is 5.06. The largest absolute Gasteiger partial charge is 0.493 e. The van der Waals surface area contributed by atoms with E-state index in [-0.39, 0.29) is 6.03 Å². The summed E-state index contributed by atoms with van der Waals surface area (Å²) in [4.78, 5) is 17.0. The second-order valence-electron chi connectivity index (χ2n) is 6.81. The van der Waals surface area contributed by atoms with Crippen molar-refractivity contribution in [3.63, 3.8) is 0 Å². The standard InChI is InChI=1S/C19H29N3O3/c1-24-17-8-7-15(13-18(17)25-2)14-20-19(23)22-10-4-9-21(11-12-22)16-5-3-6-16/h7-8,13,16H,3-6,9-12,14H2,1-2H3,(H,20,23). The highest BCUT2D eigenvalue weighted by Gasteiger charge is 2.27. The number of benzene rings is 1. The van der Waals surface area contributed by atoms with Crippen molar-refractivity contribution in [2.24, 2.45) is 0 Å². The second kappa shape index (κ2) is 8.43. The molecule has 0 aromatic heterocycles. The summed E-state index contributed by atoms with van der Waals surface area (Å²) in [6, 6.07) is 6.49. The van der Waals surface area contributed by atoms with Crippen LogP contribution in [0.4, 0.5) is 4.79 Å². The summed E-state index contributed by atoms with van der Waals surface area (Å²) < 4.78 is 10.6. The van der Waals surface area contributed by atoms with E-state index in [2.05, 4.69) is 10.2 Å². The van der Waals surface area contributed by atoms with Gasteiger partial charge in [-0.15, -0.1) is 0 Å². The quantitative estimate of drug-likeness (QED) is 0.889. The Balaban J connectivity index is 1.50. The highest BCUT2D eigenvalue weighted by Crippen LogP contribution is 2.27. The van der Waals surface area contributed by atoms with Crippen molar-refractivity contribution in [3.8, 4) is 11.5 Å². The number of amides is 2. The van der Waals surface area contributed by atoms with Gasteiger partial charge in [0, 0.05) is 38.8 Å². The van der Waals surface area contributed by atoms with Gasteiger partial charge >= 0.3 is 6.03 Å². The lowest BCUT2D eigenvalue weighted by Crippen LogP contribution is -2.44. The first-order chi connectivity index (χ1) is 12.2. The molecule has 2 amide bonds. The lowest BCUT2D eigenvalue weighted by Gasteiger charge is -2.36. The molecule has 1 heterocycles. The minimum absolute atomic E-state index is 0.0187. The van der Waals surface area contributed by atoms with Crippen LogP contribution in [0.3, 0.4) is 0 Å². The fraction of sp³-hybridized carbons (Fsp3) is 0.632. The Bertz CT molecular complexity index is 589. The van der Waals surface area contributed by atoms with Crippen molar-refractivity contribution >= 4 is 6.03 Å². The van der Waals surface area contributed by atoms with Crippen LogP contribution in [0.5, 0.6) is 11.5 Å². The van der Waals surface area contributed by atoms with E-state index in [4.69, 9.17) is 9.47 Å². The number of nitrogens with zero attached hydrogens (tertiary/aromatic N) is 2. The van der Waals surface area contributed by atoms with Gasteiger partial charge in [0.15, 0.2) is 11.5 Å². The molecule has 0 spiro atoms. The van der Waals surface area contributed by atoms with Crippen molar-refractivity contribution in [1.29, 1.82) is 0 Å². The molecule has 6 heteroatoms. The molecule has 1 aliphatic carbocycles. The number of urea groups is 1. The van der Waals surface area contributed by atoms with Gasteiger partial charge in [-0.2, -0.15) is 0 Å². The number of rotatable bonds is 5. The van der Waals surface area contributed by atoms with Crippen LogP contribution in [0.15, 0.2) is 18.2 Å². The highest BCUT2D eigenvalue weighted by molar-refractivity contribution is 5.74. The van der Waals surface area contributed by atoms with Gasteiger partial charge in [0.05, 0.1) is 14.2 Å². The first kappa shape index (κ1) is 17.9. The minimum atomic E-state index is 0.0187. The molecule has 138 valence electrons. The fourth-order valence-electron chi connectivity index (χ4n) is 3.54. The van der Waals surface area contributed by atoms with Crippen LogP contribution in [0, 0.1) is 0 Å². The SMILES string of the molecule is COc1ccc(CNC(=O)N2CCCN(C3CCC3)CC2)cc1OC. The molecule has 0 radical (unpaired) electrons. The molecule has 0 unspecified atom stereocenters. The summed E-state index contributed by atoms with van der Waals surface area (Å²) in [5.74, 6) is 1.38. The van der Waals surface area contributed by atoms with Crippen LogP contribution < -0.4 is 14.8 Å². The van der Waals surface area contributed by atoms with Crippen LogP contribution in [0.2, 0.25) is 0 Å². The number of carbonyl (C=O) groups is 1. The van der Waals surface area contributed by atoms with Crippen LogP contribution in [0.1, 0.15) is 31.2 Å². The third kappa shape index (κ3) is 4.37. The molecule has 3 rings (SSSR count). The maximum atomic E-state index is 12.5. The van der Waals surface area contributed by atoms with Crippen molar-refractivity contribution in [3.05, 3.63) is 23.8 Å². The van der Waals surface area contributed by atoms with E-state index in [9.17, 15) is 4.79 Å². The Kier molecular flexibility index (Phi) is 6.02. The molecule has 1 aliphatic heterocycles. The van der Waals surface area contributed by atoms with Gasteiger partial charge in [0.2, 0.25) is 0 Å². The zero-order chi connectivity index (χ0) is 17.6. The van der Waals surface area contributed by atoms with E-state index in [0.717, 1.165) is 44.2 Å². The van der Waals surface area contributed by atoms with Crippen LogP contribution in [-0.4, -0.2) is 62.3 Å². The van der Waals surface area contributed by atoms with Gasteiger partial charge in [0.1, 0.15) is 0 Å². The maximum absolute atomic E-state index is 12.5. The van der Waals surface area contributed by atoms with E-state index in [1.807, 2.05) is 23.1 Å². The molecule has 1 aromatic carbocycles. The number of carbonyl (C=O) groups excluding carboxylic acids is 1. The molecule has 1 saturated heterocycles. The number of methoxy groups -OCH3 is 2. The molecule has 2 aliphatic rings. The summed E-state index contributed by atoms with van der Waals surface area (Å²) in [5, 5.41) is 3.03. The van der Waals surface area contributed by atoms with E-state index >= 15 is 0 Å². The van der Waals surface area contributed by atoms with Crippen molar-refractivity contribution in [1.82, 2.24) is 15.1 Å². The molecule has 0 atom stereocenters. The van der Waals surface area contributed by atoms with Crippen molar-refractivity contribution in [2.75, 3.05) is 40.4 Å². The number of ether oxygens (including phenoxy) is 2. The third-order valence-corrected chi connectivity index (χ3v) is 5.30. The Labute approximate surface area is 150 Å². The first-order valence-electron chi connectivity index (χ1n) is 9.19. The van der Waals surface area contributed by atoms with Gasteiger partial charge in [-0.3, -0.25) is 4.90 Å². The second-order valence-corrected chi connectivity index (χ2v) is 6.81. The summed E-state index contributed by atoms with van der Waals surface area (Å²) in [7, 11) is 3.23.